The van der Waals surface area contributed by atoms with Gasteiger partial charge in [0.2, 0.25) is 11.8 Å². The second-order valence-electron chi connectivity index (χ2n) is 5.30. The van der Waals surface area contributed by atoms with Gasteiger partial charge in [0, 0.05) is 24.6 Å². The Morgan fingerprint density at radius 1 is 1.40 bits per heavy atom. The molecule has 2 N–H and O–H groups in total. The van der Waals surface area contributed by atoms with Gasteiger partial charge in [0.15, 0.2) is 0 Å². The Morgan fingerprint density at radius 3 is 2.80 bits per heavy atom. The first kappa shape index (κ1) is 16.9. The lowest BCUT2D eigenvalue weighted by atomic mass is 9.97. The Morgan fingerprint density at radius 2 is 2.15 bits per heavy atom. The van der Waals surface area contributed by atoms with Crippen molar-refractivity contribution in [3.63, 3.8) is 0 Å². The van der Waals surface area contributed by atoms with Crippen LogP contribution < -0.4 is 10.6 Å². The van der Waals surface area contributed by atoms with Gasteiger partial charge in [0.1, 0.15) is 0 Å². The van der Waals surface area contributed by atoms with E-state index in [1.54, 1.807) is 6.92 Å². The minimum Gasteiger partial charge on any atom is -0.352 e. The van der Waals surface area contributed by atoms with E-state index in [1.807, 2.05) is 11.8 Å². The van der Waals surface area contributed by atoms with Crippen molar-refractivity contribution >= 4 is 23.6 Å². The molecule has 1 fully saturated rings. The fourth-order valence-electron chi connectivity index (χ4n) is 2.45. The van der Waals surface area contributed by atoms with E-state index in [4.69, 9.17) is 6.42 Å². The van der Waals surface area contributed by atoms with Gasteiger partial charge in [-0.3, -0.25) is 9.59 Å². The minimum atomic E-state index is 0.0220. The maximum Gasteiger partial charge on any atom is 0.220 e. The van der Waals surface area contributed by atoms with Gasteiger partial charge in [0.05, 0.1) is 6.54 Å². The topological polar surface area (TPSA) is 58.2 Å². The van der Waals surface area contributed by atoms with E-state index >= 15 is 0 Å². The highest BCUT2D eigenvalue weighted by Gasteiger charge is 2.33. The van der Waals surface area contributed by atoms with E-state index in [0.717, 1.165) is 25.0 Å². The number of unbranched alkanes of at least 4 members (excludes halogenated alkanes) is 1. The van der Waals surface area contributed by atoms with Crippen LogP contribution in [-0.2, 0) is 9.59 Å². The lowest BCUT2D eigenvalue weighted by molar-refractivity contribution is -0.121. The average Bonchev–Trinajstić information content (AvgIpc) is 2.73. The summed E-state index contributed by atoms with van der Waals surface area (Å²) in [6.07, 6.45) is 8.53. The Kier molecular flexibility index (Phi) is 7.53. The fraction of sp³-hybridized carbons (Fsp3) is 0.733. The lowest BCUT2D eigenvalue weighted by Crippen LogP contribution is -2.41. The van der Waals surface area contributed by atoms with Crippen molar-refractivity contribution in [2.24, 2.45) is 5.92 Å². The Bertz CT molecular complexity index is 379. The maximum absolute atomic E-state index is 11.4. The zero-order valence-electron chi connectivity index (χ0n) is 12.3. The first-order valence-electron chi connectivity index (χ1n) is 7.13. The number of carbonyl (C=O) groups excluding carboxylic acids is 2. The fourth-order valence-corrected chi connectivity index (χ4v) is 4.09. The molecule has 1 heterocycles. The molecule has 0 aliphatic carbocycles. The standard InChI is InChI=1S/C15H24N2O2S/c1-4-9-16-14(19)8-6-5-7-13-15(17-12(3)18)11(2)10-20-13/h1,11,13,15H,5-10H2,2-3H3,(H,16,19)(H,17,18)/t11-,13-,15-/m1/s1. The second kappa shape index (κ2) is 8.91. The number of terminal acetylenes is 1. The van der Waals surface area contributed by atoms with Gasteiger partial charge in [-0.05, 0) is 24.5 Å². The van der Waals surface area contributed by atoms with E-state index in [1.165, 1.54) is 0 Å². The molecule has 1 aliphatic heterocycles. The molecule has 2 amide bonds. The van der Waals surface area contributed by atoms with Crippen LogP contribution in [0.1, 0.15) is 39.5 Å². The summed E-state index contributed by atoms with van der Waals surface area (Å²) in [5.41, 5.74) is 0. The predicted octanol–water partition coefficient (Wildman–Crippen LogP) is 1.55. The van der Waals surface area contributed by atoms with Crippen molar-refractivity contribution in [2.45, 2.75) is 50.8 Å². The number of amides is 2. The summed E-state index contributed by atoms with van der Waals surface area (Å²) in [5, 5.41) is 6.20. The summed E-state index contributed by atoms with van der Waals surface area (Å²) in [6.45, 7) is 4.06. The molecule has 112 valence electrons. The molecular weight excluding hydrogens is 272 g/mol. The smallest absolute Gasteiger partial charge is 0.220 e. The van der Waals surface area contributed by atoms with Crippen LogP contribution >= 0.6 is 11.8 Å². The lowest BCUT2D eigenvalue weighted by Gasteiger charge is -2.22. The summed E-state index contributed by atoms with van der Waals surface area (Å²) in [7, 11) is 0. The molecule has 0 spiro atoms. The van der Waals surface area contributed by atoms with Crippen LogP contribution in [0.4, 0.5) is 0 Å². The highest BCUT2D eigenvalue weighted by atomic mass is 32.2. The zero-order chi connectivity index (χ0) is 15.0. The molecule has 0 aromatic rings. The number of hydrogen-bond acceptors (Lipinski definition) is 3. The predicted molar refractivity (Wildman–Crippen MR) is 83.3 cm³/mol. The molecule has 0 radical (unpaired) electrons. The third kappa shape index (κ3) is 5.87. The van der Waals surface area contributed by atoms with E-state index in [9.17, 15) is 9.59 Å². The van der Waals surface area contributed by atoms with Gasteiger partial charge in [-0.2, -0.15) is 11.8 Å². The molecule has 0 aromatic heterocycles. The number of hydrogen-bond donors (Lipinski definition) is 2. The molecule has 3 atom stereocenters. The normalized spacial score (nSPS) is 24.9. The average molecular weight is 296 g/mol. The molecule has 0 unspecified atom stereocenters. The maximum atomic E-state index is 11.4. The molecule has 1 saturated heterocycles. The number of thioether (sulfide) groups is 1. The number of rotatable bonds is 7. The largest absolute Gasteiger partial charge is 0.352 e. The van der Waals surface area contributed by atoms with Crippen LogP contribution in [0.5, 0.6) is 0 Å². The SMILES string of the molecule is C#CCNC(=O)CCCC[C@H]1SC[C@@H](C)[C@H]1NC(C)=O. The van der Waals surface area contributed by atoms with Gasteiger partial charge in [-0.1, -0.05) is 19.3 Å². The van der Waals surface area contributed by atoms with Gasteiger partial charge in [0.25, 0.3) is 0 Å². The molecular formula is C15H24N2O2S. The van der Waals surface area contributed by atoms with Gasteiger partial charge < -0.3 is 10.6 Å². The molecule has 1 rings (SSSR count). The van der Waals surface area contributed by atoms with E-state index in [2.05, 4.69) is 23.5 Å². The third-order valence-electron chi connectivity index (χ3n) is 3.49. The second-order valence-corrected chi connectivity index (χ2v) is 6.57. The third-order valence-corrected chi connectivity index (χ3v) is 5.16. The Labute approximate surface area is 125 Å². The van der Waals surface area contributed by atoms with Crippen molar-refractivity contribution in [3.05, 3.63) is 0 Å². The molecule has 0 bridgehead atoms. The van der Waals surface area contributed by atoms with Crippen LogP contribution in [0.25, 0.3) is 0 Å². The highest BCUT2D eigenvalue weighted by molar-refractivity contribution is 8.00. The zero-order valence-corrected chi connectivity index (χ0v) is 13.1. The van der Waals surface area contributed by atoms with Crippen molar-refractivity contribution in [2.75, 3.05) is 12.3 Å². The van der Waals surface area contributed by atoms with Crippen molar-refractivity contribution in [1.82, 2.24) is 10.6 Å². The van der Waals surface area contributed by atoms with Crippen LogP contribution in [0.3, 0.4) is 0 Å². The van der Waals surface area contributed by atoms with Crippen molar-refractivity contribution < 1.29 is 9.59 Å². The first-order chi connectivity index (χ1) is 9.54. The first-order valence-corrected chi connectivity index (χ1v) is 8.18. The van der Waals surface area contributed by atoms with E-state index < -0.39 is 0 Å². The molecule has 1 aliphatic rings. The van der Waals surface area contributed by atoms with Crippen LogP contribution in [0.2, 0.25) is 0 Å². The molecule has 5 heteroatoms. The Hall–Kier alpha value is -1.15. The molecule has 0 aromatic carbocycles. The van der Waals surface area contributed by atoms with Crippen molar-refractivity contribution in [3.8, 4) is 12.3 Å². The summed E-state index contributed by atoms with van der Waals surface area (Å²) < 4.78 is 0. The summed E-state index contributed by atoms with van der Waals surface area (Å²) in [6, 6.07) is 0.271. The van der Waals surface area contributed by atoms with Crippen LogP contribution in [-0.4, -0.2) is 35.4 Å². The summed E-state index contributed by atoms with van der Waals surface area (Å²) in [5.74, 6) is 4.07. The molecule has 4 nitrogen and oxygen atoms in total. The quantitative estimate of drug-likeness (QED) is 0.553. The number of nitrogens with one attached hydrogen (secondary N) is 2. The van der Waals surface area contributed by atoms with E-state index in [0.29, 0.717) is 24.1 Å². The van der Waals surface area contributed by atoms with E-state index in [-0.39, 0.29) is 17.9 Å². The van der Waals surface area contributed by atoms with Gasteiger partial charge in [-0.15, -0.1) is 6.42 Å². The van der Waals surface area contributed by atoms with Gasteiger partial charge in [-0.25, -0.2) is 0 Å². The summed E-state index contributed by atoms with van der Waals surface area (Å²) >= 11 is 1.93. The Balaban J connectivity index is 2.22. The number of carbonyl (C=O) groups is 2. The minimum absolute atomic E-state index is 0.0220. The molecule has 20 heavy (non-hydrogen) atoms. The highest BCUT2D eigenvalue weighted by Crippen LogP contribution is 2.34. The van der Waals surface area contributed by atoms with Crippen LogP contribution in [0.15, 0.2) is 0 Å². The summed E-state index contributed by atoms with van der Waals surface area (Å²) in [4.78, 5) is 22.6. The van der Waals surface area contributed by atoms with Gasteiger partial charge >= 0.3 is 0 Å². The molecule has 0 saturated carbocycles. The van der Waals surface area contributed by atoms with Crippen molar-refractivity contribution in [1.29, 1.82) is 0 Å². The van der Waals surface area contributed by atoms with Crippen LogP contribution in [0, 0.1) is 18.3 Å². The monoisotopic (exact) mass is 296 g/mol.